The lowest BCUT2D eigenvalue weighted by molar-refractivity contribution is -0.138. The second kappa shape index (κ2) is 10.5. The van der Waals surface area contributed by atoms with Crippen molar-refractivity contribution in [2.24, 2.45) is 4.99 Å². The molecule has 1 heterocycles. The van der Waals surface area contributed by atoms with E-state index in [4.69, 9.17) is 9.47 Å². The Bertz CT molecular complexity index is 860. The van der Waals surface area contributed by atoms with Crippen molar-refractivity contribution in [3.8, 4) is 5.75 Å². The highest BCUT2D eigenvalue weighted by molar-refractivity contribution is 9.10. The lowest BCUT2D eigenvalue weighted by Crippen LogP contribution is -2.14. The molecule has 0 saturated heterocycles. The second-order valence-electron chi connectivity index (χ2n) is 5.73. The molecular weight excluding hydrogens is 446 g/mol. The summed E-state index contributed by atoms with van der Waals surface area (Å²) in [5.41, 5.74) is 0.630. The fourth-order valence-corrected chi connectivity index (χ4v) is 3.84. The van der Waals surface area contributed by atoms with Crippen LogP contribution < -0.4 is 4.74 Å². The molecule has 0 saturated carbocycles. The van der Waals surface area contributed by atoms with Gasteiger partial charge in [0.15, 0.2) is 0 Å². The van der Waals surface area contributed by atoms with Crippen molar-refractivity contribution in [2.45, 2.75) is 33.6 Å². The average molecular weight is 468 g/mol. The van der Waals surface area contributed by atoms with Gasteiger partial charge in [0.2, 0.25) is 5.91 Å². The quantitative estimate of drug-likeness (QED) is 0.565. The Morgan fingerprint density at radius 1 is 1.25 bits per heavy atom. The van der Waals surface area contributed by atoms with Crippen LogP contribution in [0.25, 0.3) is 6.08 Å². The first-order valence-corrected chi connectivity index (χ1v) is 10.6. The van der Waals surface area contributed by atoms with E-state index in [-0.39, 0.29) is 35.3 Å². The van der Waals surface area contributed by atoms with Gasteiger partial charge in [-0.15, -0.1) is 0 Å². The minimum atomic E-state index is -0.710. The molecule has 1 N–H and O–H groups in total. The van der Waals surface area contributed by atoms with E-state index >= 15 is 0 Å². The smallest absolute Gasteiger partial charge is 0.344 e. The zero-order valence-electron chi connectivity index (χ0n) is 16.0. The fourth-order valence-electron chi connectivity index (χ4n) is 2.44. The van der Waals surface area contributed by atoms with Gasteiger partial charge in [-0.2, -0.15) is 0 Å². The number of nitrogens with zero attached hydrogens (tertiary/aromatic N) is 1. The van der Waals surface area contributed by atoms with E-state index in [9.17, 15) is 14.7 Å². The molecular formula is C20H22BrNO5S. The summed E-state index contributed by atoms with van der Waals surface area (Å²) < 4.78 is 11.5. The Kier molecular flexibility index (Phi) is 8.32. The van der Waals surface area contributed by atoms with E-state index < -0.39 is 5.97 Å². The molecule has 0 bridgehead atoms. The molecule has 0 aromatic heterocycles. The minimum absolute atomic E-state index is 0.0875. The number of aliphatic hydroxyl groups is 1. The molecule has 8 heteroatoms. The number of thioether (sulfide) groups is 1. The molecule has 0 radical (unpaired) electrons. The summed E-state index contributed by atoms with van der Waals surface area (Å²) >= 11 is 4.48. The van der Waals surface area contributed by atoms with Crippen molar-refractivity contribution in [2.75, 3.05) is 13.2 Å². The van der Waals surface area contributed by atoms with E-state index in [0.29, 0.717) is 23.7 Å². The van der Waals surface area contributed by atoms with E-state index in [1.807, 2.05) is 32.0 Å². The van der Waals surface area contributed by atoms with Gasteiger partial charge in [-0.1, -0.05) is 34.6 Å². The molecule has 0 aliphatic carbocycles. The second-order valence-corrected chi connectivity index (χ2v) is 7.68. The molecule has 0 atom stereocenters. The van der Waals surface area contributed by atoms with Crippen molar-refractivity contribution in [1.82, 2.24) is 0 Å². The maximum absolute atomic E-state index is 12.3. The third-order valence-electron chi connectivity index (χ3n) is 3.62. The van der Waals surface area contributed by atoms with Crippen LogP contribution in [0.5, 0.6) is 5.75 Å². The molecule has 1 aromatic rings. The SMILES string of the molecule is CCCC(=O)N=C1S/C(=C\c2cc(Br)ccc2OCC)C(O)=C1C(=O)OCC. The third kappa shape index (κ3) is 5.48. The number of amides is 1. The Morgan fingerprint density at radius 3 is 2.64 bits per heavy atom. The van der Waals surface area contributed by atoms with Crippen LogP contribution in [-0.2, 0) is 14.3 Å². The third-order valence-corrected chi connectivity index (χ3v) is 5.13. The number of ether oxygens (including phenoxy) is 2. The largest absolute Gasteiger partial charge is 0.506 e. The van der Waals surface area contributed by atoms with Crippen LogP contribution >= 0.6 is 27.7 Å². The number of halogens is 1. The standard InChI is InChI=1S/C20H22BrNO5S/c1-4-7-16(23)22-19-17(20(25)27-6-3)18(24)15(28-19)11-12-10-13(21)8-9-14(12)26-5-2/h8-11,24H,4-7H2,1-3H3/b15-11-,22-19?. The number of esters is 1. The zero-order chi connectivity index (χ0) is 20.7. The topological polar surface area (TPSA) is 85.2 Å². The summed E-state index contributed by atoms with van der Waals surface area (Å²) in [6, 6.07) is 5.50. The molecule has 1 aromatic carbocycles. The Hall–Kier alpha value is -2.06. The van der Waals surface area contributed by atoms with Crippen molar-refractivity contribution in [3.05, 3.63) is 44.5 Å². The van der Waals surface area contributed by atoms with Gasteiger partial charge < -0.3 is 14.6 Å². The highest BCUT2D eigenvalue weighted by Crippen LogP contribution is 2.40. The first-order chi connectivity index (χ1) is 13.4. The number of benzene rings is 1. The van der Waals surface area contributed by atoms with E-state index in [1.165, 1.54) is 0 Å². The number of hydrogen-bond acceptors (Lipinski definition) is 6. The average Bonchev–Trinajstić information content (AvgIpc) is 2.93. The van der Waals surface area contributed by atoms with Crippen LogP contribution in [0.3, 0.4) is 0 Å². The first kappa shape index (κ1) is 22.2. The van der Waals surface area contributed by atoms with Crippen LogP contribution in [0, 0.1) is 0 Å². The number of carbonyl (C=O) groups is 2. The molecule has 2 rings (SSSR count). The number of hydrogen-bond donors (Lipinski definition) is 1. The molecule has 1 amide bonds. The Morgan fingerprint density at radius 2 is 2.00 bits per heavy atom. The number of rotatable bonds is 7. The molecule has 6 nitrogen and oxygen atoms in total. The number of aliphatic hydroxyl groups excluding tert-OH is 1. The molecule has 0 unspecified atom stereocenters. The van der Waals surface area contributed by atoms with Gasteiger partial charge in [-0.3, -0.25) is 4.79 Å². The predicted octanol–water partition coefficient (Wildman–Crippen LogP) is 5.04. The summed E-state index contributed by atoms with van der Waals surface area (Å²) in [5.74, 6) is -0.679. The Labute approximate surface area is 176 Å². The highest BCUT2D eigenvalue weighted by atomic mass is 79.9. The van der Waals surface area contributed by atoms with Crippen LogP contribution in [0.2, 0.25) is 0 Å². The number of aliphatic imine (C=N–C) groups is 1. The van der Waals surface area contributed by atoms with E-state index in [2.05, 4.69) is 20.9 Å². The van der Waals surface area contributed by atoms with Crippen LogP contribution in [-0.4, -0.2) is 35.2 Å². The van der Waals surface area contributed by atoms with Gasteiger partial charge in [0.25, 0.3) is 0 Å². The van der Waals surface area contributed by atoms with Crippen LogP contribution in [0.1, 0.15) is 39.2 Å². The van der Waals surface area contributed by atoms with Gasteiger partial charge in [-0.25, -0.2) is 9.79 Å². The predicted molar refractivity (Wildman–Crippen MR) is 115 cm³/mol. The van der Waals surface area contributed by atoms with Gasteiger partial charge in [0.05, 0.1) is 18.1 Å². The molecule has 0 fully saturated rings. The zero-order valence-corrected chi connectivity index (χ0v) is 18.4. The molecule has 0 spiro atoms. The maximum atomic E-state index is 12.3. The molecule has 1 aliphatic heterocycles. The van der Waals surface area contributed by atoms with Crippen molar-refractivity contribution in [1.29, 1.82) is 0 Å². The Balaban J connectivity index is 2.51. The van der Waals surface area contributed by atoms with Gasteiger partial charge in [0.1, 0.15) is 22.1 Å². The van der Waals surface area contributed by atoms with E-state index in [0.717, 1.165) is 21.8 Å². The van der Waals surface area contributed by atoms with Gasteiger partial charge >= 0.3 is 5.97 Å². The summed E-state index contributed by atoms with van der Waals surface area (Å²) in [6.45, 7) is 6.05. The minimum Gasteiger partial charge on any atom is -0.506 e. The van der Waals surface area contributed by atoms with Gasteiger partial charge in [-0.05, 0) is 44.5 Å². The van der Waals surface area contributed by atoms with Crippen molar-refractivity contribution >= 4 is 50.7 Å². The normalized spacial score (nSPS) is 16.7. The lowest BCUT2D eigenvalue weighted by atomic mass is 10.1. The summed E-state index contributed by atoms with van der Waals surface area (Å²) in [7, 11) is 0. The first-order valence-electron chi connectivity index (χ1n) is 8.95. The highest BCUT2D eigenvalue weighted by Gasteiger charge is 2.33. The van der Waals surface area contributed by atoms with E-state index in [1.54, 1.807) is 13.0 Å². The summed E-state index contributed by atoms with van der Waals surface area (Å²) in [5, 5.41) is 10.8. The molecule has 150 valence electrons. The van der Waals surface area contributed by atoms with Gasteiger partial charge in [0, 0.05) is 16.5 Å². The molecule has 28 heavy (non-hydrogen) atoms. The monoisotopic (exact) mass is 467 g/mol. The maximum Gasteiger partial charge on any atom is 0.344 e. The van der Waals surface area contributed by atoms with Crippen molar-refractivity contribution in [3.63, 3.8) is 0 Å². The fraction of sp³-hybridized carbons (Fsp3) is 0.350. The summed E-state index contributed by atoms with van der Waals surface area (Å²) in [6.07, 6.45) is 2.60. The molecule has 1 aliphatic rings. The lowest BCUT2D eigenvalue weighted by Gasteiger charge is -2.08. The number of carbonyl (C=O) groups excluding carboxylic acids is 2. The van der Waals surface area contributed by atoms with Crippen molar-refractivity contribution < 1.29 is 24.2 Å². The van der Waals surface area contributed by atoms with Crippen LogP contribution in [0.15, 0.2) is 43.9 Å². The summed E-state index contributed by atoms with van der Waals surface area (Å²) in [4.78, 5) is 28.7. The van der Waals surface area contributed by atoms with Crippen LogP contribution in [0.4, 0.5) is 0 Å².